The molecule has 1 atom stereocenters. The predicted octanol–water partition coefficient (Wildman–Crippen LogP) is 6.09. The molecule has 3 nitrogen and oxygen atoms in total. The van der Waals surface area contributed by atoms with Crippen molar-refractivity contribution < 1.29 is 13.9 Å². The van der Waals surface area contributed by atoms with Crippen LogP contribution >= 0.6 is 0 Å². The molecule has 1 aliphatic rings. The topological polar surface area (TPSA) is 50.1 Å². The van der Waals surface area contributed by atoms with E-state index in [1.165, 1.54) is 30.2 Å². The fourth-order valence-corrected chi connectivity index (χ4v) is 2.28. The number of nitrogens with zero attached hydrogens (tertiary/aromatic N) is 1. The highest BCUT2D eigenvalue weighted by atomic mass is 19.1. The monoisotopic (exact) mass is 357 g/mol. The van der Waals surface area contributed by atoms with Crippen molar-refractivity contribution in [2.24, 2.45) is 11.8 Å². The third kappa shape index (κ3) is 7.23. The van der Waals surface area contributed by atoms with Crippen molar-refractivity contribution in [1.29, 1.82) is 5.26 Å². The molecule has 1 aliphatic carbocycles. The number of esters is 1. The Morgan fingerprint density at radius 2 is 1.96 bits per heavy atom. The molecule has 1 rings (SSSR count). The molecule has 140 valence electrons. The summed E-state index contributed by atoms with van der Waals surface area (Å²) in [6.45, 7) is 10.4. The zero-order valence-electron chi connectivity index (χ0n) is 16.3. The van der Waals surface area contributed by atoms with Crippen LogP contribution in [0.3, 0.4) is 0 Å². The lowest BCUT2D eigenvalue weighted by Crippen LogP contribution is -2.05. The highest BCUT2D eigenvalue weighted by Gasteiger charge is 2.12. The summed E-state index contributed by atoms with van der Waals surface area (Å²) in [5, 5.41) is 8.83. The second kappa shape index (κ2) is 10.6. The van der Waals surface area contributed by atoms with Crippen molar-refractivity contribution >= 4 is 5.97 Å². The first-order valence-corrected chi connectivity index (χ1v) is 8.98. The van der Waals surface area contributed by atoms with Gasteiger partial charge in [0.05, 0.1) is 5.57 Å². The number of nitriles is 1. The lowest BCUT2D eigenvalue weighted by Gasteiger charge is -2.13. The molecule has 0 N–H and O–H groups in total. The molecule has 26 heavy (non-hydrogen) atoms. The van der Waals surface area contributed by atoms with Gasteiger partial charge in [-0.25, -0.2) is 9.18 Å². The first-order valence-electron chi connectivity index (χ1n) is 8.98. The van der Waals surface area contributed by atoms with Crippen LogP contribution in [0.1, 0.15) is 53.9 Å². The van der Waals surface area contributed by atoms with E-state index in [1.54, 1.807) is 19.1 Å². The first-order chi connectivity index (χ1) is 12.2. The molecule has 0 aromatic rings. The van der Waals surface area contributed by atoms with E-state index in [0.717, 1.165) is 6.42 Å². The molecule has 0 bridgehead atoms. The first kappa shape index (κ1) is 21.6. The highest BCUT2D eigenvalue weighted by Crippen LogP contribution is 2.21. The molecule has 0 saturated heterocycles. The van der Waals surface area contributed by atoms with Crippen LogP contribution in [0.2, 0.25) is 0 Å². The van der Waals surface area contributed by atoms with Crippen molar-refractivity contribution in [3.8, 4) is 6.07 Å². The number of hydrogen-bond donors (Lipinski definition) is 0. The molecule has 0 heterocycles. The van der Waals surface area contributed by atoms with Crippen LogP contribution in [0.5, 0.6) is 0 Å². The number of halogens is 1. The minimum absolute atomic E-state index is 0.0477. The number of allylic oxidation sites excluding steroid dienone is 8. The maximum atomic E-state index is 13.6. The molecule has 0 aromatic carbocycles. The Hall–Kier alpha value is -2.41. The van der Waals surface area contributed by atoms with Crippen LogP contribution in [-0.2, 0) is 9.53 Å². The summed E-state index contributed by atoms with van der Waals surface area (Å²) in [5.41, 5.74) is 1.64. The number of rotatable bonds is 7. The van der Waals surface area contributed by atoms with E-state index in [1.807, 2.05) is 6.08 Å². The Morgan fingerprint density at radius 1 is 1.27 bits per heavy atom. The van der Waals surface area contributed by atoms with Gasteiger partial charge in [0.25, 0.3) is 0 Å². The molecule has 0 spiro atoms. The number of carbonyl (C=O) groups excluding carboxylic acids is 1. The van der Waals surface area contributed by atoms with Gasteiger partial charge in [0.1, 0.15) is 17.7 Å². The molecule has 0 saturated carbocycles. The summed E-state index contributed by atoms with van der Waals surface area (Å²) >= 11 is 0. The lowest BCUT2D eigenvalue weighted by molar-refractivity contribution is -0.134. The maximum Gasteiger partial charge on any atom is 0.339 e. The summed E-state index contributed by atoms with van der Waals surface area (Å²) in [6.07, 6.45) is 10.1. The summed E-state index contributed by atoms with van der Waals surface area (Å²) in [4.78, 5) is 12.2. The van der Waals surface area contributed by atoms with E-state index < -0.39 is 11.8 Å². The molecule has 0 amide bonds. The van der Waals surface area contributed by atoms with Crippen molar-refractivity contribution in [2.45, 2.75) is 53.9 Å². The molecule has 0 fully saturated rings. The van der Waals surface area contributed by atoms with Gasteiger partial charge in [-0.3, -0.25) is 0 Å². The van der Waals surface area contributed by atoms with Crippen molar-refractivity contribution in [1.82, 2.24) is 0 Å². The van der Waals surface area contributed by atoms with E-state index in [0.29, 0.717) is 17.4 Å². The third-order valence-electron chi connectivity index (χ3n) is 4.39. The van der Waals surface area contributed by atoms with Gasteiger partial charge in [-0.1, -0.05) is 44.9 Å². The molecular weight excluding hydrogens is 329 g/mol. The molecule has 0 aliphatic heterocycles. The molecule has 0 aromatic heterocycles. The summed E-state index contributed by atoms with van der Waals surface area (Å²) < 4.78 is 18.9. The van der Waals surface area contributed by atoms with E-state index >= 15 is 0 Å². The molecule has 1 unspecified atom stereocenters. The Kier molecular flexibility index (Phi) is 8.78. The van der Waals surface area contributed by atoms with Crippen molar-refractivity contribution in [2.75, 3.05) is 0 Å². The van der Waals surface area contributed by atoms with Crippen LogP contribution in [0.4, 0.5) is 4.39 Å². The normalized spacial score (nSPS) is 16.9. The summed E-state index contributed by atoms with van der Waals surface area (Å²) in [5.74, 6) is 0.369. The van der Waals surface area contributed by atoms with Gasteiger partial charge in [0.15, 0.2) is 0 Å². The largest absolute Gasteiger partial charge is 0.424 e. The average Bonchev–Trinajstić information content (AvgIpc) is 2.78. The third-order valence-corrected chi connectivity index (χ3v) is 4.39. The lowest BCUT2D eigenvalue weighted by atomic mass is 9.93. The SMILES string of the molecule is C/C(=C\C=C(/C)C(C)CCC(C)C)C(=O)OC1=CCC(F)=C(C#N)C=C1. The van der Waals surface area contributed by atoms with E-state index in [9.17, 15) is 9.18 Å². The van der Waals surface area contributed by atoms with Gasteiger partial charge in [-0.15, -0.1) is 0 Å². The number of carbonyl (C=O) groups is 1. The van der Waals surface area contributed by atoms with Crippen LogP contribution in [0, 0.1) is 23.2 Å². The second-order valence-electron chi connectivity index (χ2n) is 7.10. The maximum absolute atomic E-state index is 13.6. The van der Waals surface area contributed by atoms with E-state index in [2.05, 4.69) is 27.7 Å². The number of hydrogen-bond acceptors (Lipinski definition) is 3. The van der Waals surface area contributed by atoms with E-state index in [-0.39, 0.29) is 17.8 Å². The minimum atomic E-state index is -0.531. The molecule has 0 radical (unpaired) electrons. The fourth-order valence-electron chi connectivity index (χ4n) is 2.28. The second-order valence-corrected chi connectivity index (χ2v) is 7.10. The van der Waals surface area contributed by atoms with Gasteiger partial charge in [-0.2, -0.15) is 5.26 Å². The predicted molar refractivity (Wildman–Crippen MR) is 102 cm³/mol. The zero-order chi connectivity index (χ0) is 19.7. The number of ether oxygens (including phenoxy) is 1. The van der Waals surface area contributed by atoms with Crippen LogP contribution in [-0.4, -0.2) is 5.97 Å². The van der Waals surface area contributed by atoms with Gasteiger partial charge in [0, 0.05) is 12.0 Å². The summed E-state index contributed by atoms with van der Waals surface area (Å²) in [6, 6.07) is 1.78. The smallest absolute Gasteiger partial charge is 0.339 e. The zero-order valence-corrected chi connectivity index (χ0v) is 16.3. The fraction of sp³-hybridized carbons (Fsp3) is 0.455. The van der Waals surface area contributed by atoms with Crippen LogP contribution in [0.25, 0.3) is 0 Å². The molecule has 4 heteroatoms. The van der Waals surface area contributed by atoms with Gasteiger partial charge in [-0.05, 0) is 50.3 Å². The minimum Gasteiger partial charge on any atom is -0.424 e. The van der Waals surface area contributed by atoms with Gasteiger partial charge >= 0.3 is 5.97 Å². The standard InChI is InChI=1S/C22H28FNO2/c1-15(2)6-7-16(3)17(4)8-9-18(5)22(25)26-20-11-10-19(14-24)21(23)13-12-20/h8-12,15-16H,6-7,13H2,1-5H3/b17-8+,18-9+. The Bertz CT molecular complexity index is 715. The summed E-state index contributed by atoms with van der Waals surface area (Å²) in [7, 11) is 0. The van der Waals surface area contributed by atoms with Gasteiger partial charge in [0.2, 0.25) is 0 Å². The van der Waals surface area contributed by atoms with Crippen LogP contribution < -0.4 is 0 Å². The Morgan fingerprint density at radius 3 is 2.58 bits per heavy atom. The van der Waals surface area contributed by atoms with Crippen molar-refractivity contribution in [3.63, 3.8) is 0 Å². The molecular formula is C22H28FNO2. The Balaban J connectivity index is 2.69. The van der Waals surface area contributed by atoms with Gasteiger partial charge < -0.3 is 4.74 Å². The quantitative estimate of drug-likeness (QED) is 0.315. The average molecular weight is 357 g/mol. The van der Waals surface area contributed by atoms with E-state index in [4.69, 9.17) is 10.00 Å². The Labute approximate surface area is 156 Å². The van der Waals surface area contributed by atoms with Crippen molar-refractivity contribution in [3.05, 3.63) is 58.7 Å². The van der Waals surface area contributed by atoms with Crippen LogP contribution in [0.15, 0.2) is 58.7 Å². The highest BCUT2D eigenvalue weighted by molar-refractivity contribution is 5.89.